The smallest absolute Gasteiger partial charge is 0.265 e. The van der Waals surface area contributed by atoms with E-state index in [9.17, 15) is 17.8 Å². The van der Waals surface area contributed by atoms with Crippen molar-refractivity contribution in [3.8, 4) is 0 Å². The maximum Gasteiger partial charge on any atom is 0.265 e. The Bertz CT molecular complexity index is 637. The Kier molecular flexibility index (Phi) is 16.3. The average Bonchev–Trinajstić information content (AvgIpc) is 2.80. The lowest BCUT2D eigenvalue weighted by Crippen LogP contribution is -2.58. The fraction of sp³-hybridized carbons (Fsp3) is 0.963. The molecule has 0 aromatic carbocycles. The Labute approximate surface area is 211 Å². The lowest BCUT2D eigenvalue weighted by Gasteiger charge is -2.45. The summed E-state index contributed by atoms with van der Waals surface area (Å²) in [7, 11) is -3.94. The molecule has 34 heavy (non-hydrogen) atoms. The first-order chi connectivity index (χ1) is 16.3. The zero-order valence-electron chi connectivity index (χ0n) is 22.6. The van der Waals surface area contributed by atoms with Gasteiger partial charge in [0.2, 0.25) is 5.91 Å². The van der Waals surface area contributed by atoms with Crippen LogP contribution in [0.25, 0.3) is 0 Å². The summed E-state index contributed by atoms with van der Waals surface area (Å²) in [6.07, 6.45) is 18.3. The molecule has 0 aromatic heterocycles. The Morgan fingerprint density at radius 1 is 0.824 bits per heavy atom. The number of hydrogen-bond donors (Lipinski definition) is 1. The number of nitrogens with zero attached hydrogens (tertiary/aromatic N) is 2. The number of piperidine rings is 1. The summed E-state index contributed by atoms with van der Waals surface area (Å²) < 4.78 is 32.6. The van der Waals surface area contributed by atoms with E-state index in [1.54, 1.807) is 0 Å². The van der Waals surface area contributed by atoms with Gasteiger partial charge in [0.05, 0.1) is 37.8 Å². The number of unbranched alkanes of at least 4 members (excludes halogenated alkanes) is 11. The quantitative estimate of drug-likeness (QED) is 0.124. The fourth-order valence-electron chi connectivity index (χ4n) is 5.71. The number of rotatable bonds is 20. The second kappa shape index (κ2) is 17.7. The van der Waals surface area contributed by atoms with Gasteiger partial charge in [0.1, 0.15) is 0 Å². The standard InChI is InChI=1S/C27H54N2O4S/c1-4-7-8-9-10-11-12-13-14-15-16-17-21-29(23-19-24-34(31,32)33)22-18-20-26(25-29)27(30)28(5-2)6-3/h26H,4-25H2,1-3H3/p+1/t26?,29-/m1/s1. The van der Waals surface area contributed by atoms with Crippen molar-refractivity contribution < 1.29 is 22.2 Å². The summed E-state index contributed by atoms with van der Waals surface area (Å²) in [4.78, 5) is 15.0. The first-order valence-electron chi connectivity index (χ1n) is 14.4. The second-order valence-corrected chi connectivity index (χ2v) is 12.1. The third-order valence-corrected chi connectivity index (χ3v) is 8.54. The van der Waals surface area contributed by atoms with Gasteiger partial charge in [-0.2, -0.15) is 8.42 Å². The molecule has 7 heteroatoms. The molecule has 1 aliphatic rings. The molecule has 2 atom stereocenters. The van der Waals surface area contributed by atoms with Crippen LogP contribution in [-0.4, -0.2) is 73.3 Å². The molecular formula is C27H55N2O4S+. The van der Waals surface area contributed by atoms with Crippen LogP contribution in [-0.2, 0) is 14.9 Å². The van der Waals surface area contributed by atoms with E-state index in [4.69, 9.17) is 0 Å². The summed E-state index contributed by atoms with van der Waals surface area (Å²) in [5.41, 5.74) is 0. The van der Waals surface area contributed by atoms with Crippen LogP contribution in [0.2, 0.25) is 0 Å². The topological polar surface area (TPSA) is 74.7 Å². The van der Waals surface area contributed by atoms with Gasteiger partial charge in [-0.15, -0.1) is 0 Å². The highest BCUT2D eigenvalue weighted by molar-refractivity contribution is 7.85. The summed E-state index contributed by atoms with van der Waals surface area (Å²) >= 11 is 0. The lowest BCUT2D eigenvalue weighted by molar-refractivity contribution is -0.935. The van der Waals surface area contributed by atoms with Crippen LogP contribution in [0.4, 0.5) is 0 Å². The molecule has 0 saturated carbocycles. The normalized spacial score (nSPS) is 21.0. The molecular weight excluding hydrogens is 448 g/mol. The minimum atomic E-state index is -3.94. The van der Waals surface area contributed by atoms with Crippen molar-refractivity contribution >= 4 is 16.0 Å². The first-order valence-corrected chi connectivity index (χ1v) is 16.0. The highest BCUT2D eigenvalue weighted by Gasteiger charge is 2.38. The summed E-state index contributed by atoms with van der Waals surface area (Å²) in [5.74, 6) is 0.119. The van der Waals surface area contributed by atoms with E-state index in [0.717, 1.165) is 63.0 Å². The third-order valence-electron chi connectivity index (χ3n) is 7.74. The fourth-order valence-corrected chi connectivity index (χ4v) is 6.20. The molecule has 0 radical (unpaired) electrons. The molecule has 1 rings (SSSR count). The van der Waals surface area contributed by atoms with Crippen LogP contribution in [0.15, 0.2) is 0 Å². The van der Waals surface area contributed by atoms with E-state index in [-0.39, 0.29) is 17.6 Å². The van der Waals surface area contributed by atoms with Crippen molar-refractivity contribution in [2.75, 3.05) is 45.0 Å². The Balaban J connectivity index is 2.46. The summed E-state index contributed by atoms with van der Waals surface area (Å²) in [6.45, 7) is 11.4. The van der Waals surface area contributed by atoms with Gasteiger partial charge in [0.25, 0.3) is 10.1 Å². The van der Waals surface area contributed by atoms with Crippen LogP contribution in [0.3, 0.4) is 0 Å². The van der Waals surface area contributed by atoms with Crippen molar-refractivity contribution in [1.29, 1.82) is 0 Å². The van der Waals surface area contributed by atoms with E-state index in [0.29, 0.717) is 6.42 Å². The van der Waals surface area contributed by atoms with Gasteiger partial charge in [-0.05, 0) is 39.5 Å². The zero-order valence-corrected chi connectivity index (χ0v) is 23.4. The molecule has 1 unspecified atom stereocenters. The maximum atomic E-state index is 13.0. The van der Waals surface area contributed by atoms with E-state index in [1.165, 1.54) is 70.6 Å². The predicted octanol–water partition coefficient (Wildman–Crippen LogP) is 6.06. The van der Waals surface area contributed by atoms with E-state index >= 15 is 0 Å². The molecule has 1 saturated heterocycles. The van der Waals surface area contributed by atoms with Crippen molar-refractivity contribution in [3.05, 3.63) is 0 Å². The second-order valence-electron chi connectivity index (χ2n) is 10.6. The number of carbonyl (C=O) groups is 1. The molecule has 0 bridgehead atoms. The minimum Gasteiger partial charge on any atom is -0.343 e. The molecule has 6 nitrogen and oxygen atoms in total. The van der Waals surface area contributed by atoms with Crippen LogP contribution in [0.1, 0.15) is 117 Å². The number of amides is 1. The molecule has 1 aliphatic heterocycles. The van der Waals surface area contributed by atoms with E-state index in [2.05, 4.69) is 6.92 Å². The predicted molar refractivity (Wildman–Crippen MR) is 142 cm³/mol. The molecule has 1 amide bonds. The Morgan fingerprint density at radius 2 is 1.32 bits per heavy atom. The van der Waals surface area contributed by atoms with Gasteiger partial charge in [-0.3, -0.25) is 9.35 Å². The molecule has 1 heterocycles. The van der Waals surface area contributed by atoms with Gasteiger partial charge in [-0.25, -0.2) is 0 Å². The summed E-state index contributed by atoms with van der Waals surface area (Å²) in [5, 5.41) is 0. The molecule has 1 N–H and O–H groups in total. The Hall–Kier alpha value is -0.660. The molecule has 1 fully saturated rings. The van der Waals surface area contributed by atoms with Gasteiger partial charge >= 0.3 is 0 Å². The lowest BCUT2D eigenvalue weighted by atomic mass is 9.93. The SMILES string of the molecule is CCCCCCCCCCCCCC[N@+]1(CCCS(=O)(=O)O)CCCC(C(=O)N(CC)CC)C1. The number of carbonyl (C=O) groups excluding carboxylic acids is 1. The zero-order chi connectivity index (χ0) is 25.3. The highest BCUT2D eigenvalue weighted by Crippen LogP contribution is 2.27. The van der Waals surface area contributed by atoms with Crippen molar-refractivity contribution in [2.24, 2.45) is 5.92 Å². The third kappa shape index (κ3) is 13.4. The van der Waals surface area contributed by atoms with Gasteiger partial charge in [0, 0.05) is 19.5 Å². The van der Waals surface area contributed by atoms with E-state index in [1.807, 2.05) is 18.7 Å². The minimum absolute atomic E-state index is 0.0386. The van der Waals surface area contributed by atoms with Crippen molar-refractivity contribution in [1.82, 2.24) is 4.90 Å². The molecule has 0 aromatic rings. The van der Waals surface area contributed by atoms with Gasteiger partial charge in [-0.1, -0.05) is 71.1 Å². The highest BCUT2D eigenvalue weighted by atomic mass is 32.2. The van der Waals surface area contributed by atoms with Gasteiger partial charge < -0.3 is 9.38 Å². The molecule has 202 valence electrons. The van der Waals surface area contributed by atoms with Crippen molar-refractivity contribution in [2.45, 2.75) is 117 Å². The van der Waals surface area contributed by atoms with Crippen LogP contribution < -0.4 is 0 Å². The first kappa shape index (κ1) is 31.4. The molecule has 0 aliphatic carbocycles. The number of likely N-dealkylation sites (tertiary alicyclic amines) is 1. The average molecular weight is 504 g/mol. The van der Waals surface area contributed by atoms with E-state index < -0.39 is 10.1 Å². The van der Waals surface area contributed by atoms with Gasteiger partial charge in [0.15, 0.2) is 0 Å². The summed E-state index contributed by atoms with van der Waals surface area (Å²) in [6, 6.07) is 0. The number of quaternary nitrogens is 1. The number of hydrogen-bond acceptors (Lipinski definition) is 3. The van der Waals surface area contributed by atoms with Crippen LogP contribution in [0.5, 0.6) is 0 Å². The van der Waals surface area contributed by atoms with Crippen molar-refractivity contribution in [3.63, 3.8) is 0 Å². The molecule has 0 spiro atoms. The van der Waals surface area contributed by atoms with Crippen LogP contribution >= 0.6 is 0 Å². The van der Waals surface area contributed by atoms with Crippen LogP contribution in [0, 0.1) is 5.92 Å². The maximum absolute atomic E-state index is 13.0. The largest absolute Gasteiger partial charge is 0.343 e. The monoisotopic (exact) mass is 503 g/mol. The Morgan fingerprint density at radius 3 is 1.82 bits per heavy atom.